The molecule has 7 heteroatoms. The molecule has 1 aliphatic heterocycles. The molecular weight excluding hydrogens is 420 g/mol. The molecule has 1 aliphatic rings. The summed E-state index contributed by atoms with van der Waals surface area (Å²) >= 11 is 7.56. The Morgan fingerprint density at radius 3 is 2.17 bits per heavy atom. The van der Waals surface area contributed by atoms with Crippen molar-refractivity contribution in [3.8, 4) is 0 Å². The van der Waals surface area contributed by atoms with Gasteiger partial charge in [-0.05, 0) is 42.5 Å². The zero-order valence-electron chi connectivity index (χ0n) is 16.3. The van der Waals surface area contributed by atoms with Crippen LogP contribution in [0.4, 0.5) is 0 Å². The fraction of sp³-hybridized carbons (Fsp3) is 0.217. The zero-order valence-corrected chi connectivity index (χ0v) is 17.9. The lowest BCUT2D eigenvalue weighted by molar-refractivity contribution is 0.0517. The second kappa shape index (κ2) is 9.41. The van der Waals surface area contributed by atoms with Crippen molar-refractivity contribution in [2.24, 2.45) is 0 Å². The van der Waals surface area contributed by atoms with Crippen molar-refractivity contribution < 1.29 is 14.0 Å². The highest BCUT2D eigenvalue weighted by Gasteiger charge is 2.28. The molecule has 2 heterocycles. The fourth-order valence-corrected chi connectivity index (χ4v) is 4.37. The lowest BCUT2D eigenvalue weighted by Gasteiger charge is -2.34. The molecule has 1 aromatic heterocycles. The standard InChI is InChI=1S/C23H21ClN2O3S/c24-19-8-6-17(7-9-19)22(27)25-11-13-26(14-12-25)23(28)21-18(10-15-29-21)16-30-20-4-2-1-3-5-20/h1-10,15H,11-14,16H2. The van der Waals surface area contributed by atoms with Gasteiger partial charge in [0.05, 0.1) is 6.26 Å². The van der Waals surface area contributed by atoms with Gasteiger partial charge in [0.1, 0.15) is 0 Å². The van der Waals surface area contributed by atoms with Gasteiger partial charge in [0.25, 0.3) is 11.8 Å². The lowest BCUT2D eigenvalue weighted by Crippen LogP contribution is -2.50. The van der Waals surface area contributed by atoms with Crippen LogP contribution in [0.1, 0.15) is 26.5 Å². The van der Waals surface area contributed by atoms with E-state index in [0.717, 1.165) is 10.5 Å². The Labute approximate surface area is 184 Å². The van der Waals surface area contributed by atoms with Gasteiger partial charge in [0.15, 0.2) is 5.76 Å². The van der Waals surface area contributed by atoms with Crippen LogP contribution in [-0.2, 0) is 5.75 Å². The van der Waals surface area contributed by atoms with Gasteiger partial charge in [0, 0.05) is 53.0 Å². The maximum absolute atomic E-state index is 13.0. The fourth-order valence-electron chi connectivity index (χ4n) is 3.35. The van der Waals surface area contributed by atoms with Crippen LogP contribution >= 0.6 is 23.4 Å². The Morgan fingerprint density at radius 2 is 1.50 bits per heavy atom. The maximum Gasteiger partial charge on any atom is 0.289 e. The quantitative estimate of drug-likeness (QED) is 0.533. The normalized spacial score (nSPS) is 14.0. The van der Waals surface area contributed by atoms with Gasteiger partial charge in [-0.3, -0.25) is 9.59 Å². The number of carbonyl (C=O) groups excluding carboxylic acids is 2. The van der Waals surface area contributed by atoms with Gasteiger partial charge < -0.3 is 14.2 Å². The first kappa shape index (κ1) is 20.6. The van der Waals surface area contributed by atoms with Crippen molar-refractivity contribution in [3.63, 3.8) is 0 Å². The first-order valence-electron chi connectivity index (χ1n) is 9.70. The number of furan rings is 1. The average Bonchev–Trinajstić information content (AvgIpc) is 3.27. The number of halogens is 1. The number of hydrogen-bond donors (Lipinski definition) is 0. The number of piperazine rings is 1. The second-order valence-corrected chi connectivity index (χ2v) is 8.45. The van der Waals surface area contributed by atoms with Crippen LogP contribution in [0.2, 0.25) is 5.02 Å². The van der Waals surface area contributed by atoms with E-state index in [-0.39, 0.29) is 11.8 Å². The molecule has 0 spiro atoms. The largest absolute Gasteiger partial charge is 0.459 e. The van der Waals surface area contributed by atoms with Gasteiger partial charge in [-0.15, -0.1) is 11.8 Å². The van der Waals surface area contributed by atoms with E-state index in [1.165, 1.54) is 0 Å². The summed E-state index contributed by atoms with van der Waals surface area (Å²) in [5.41, 5.74) is 1.49. The van der Waals surface area contributed by atoms with Crippen molar-refractivity contribution in [2.75, 3.05) is 26.2 Å². The third-order valence-electron chi connectivity index (χ3n) is 5.02. The number of benzene rings is 2. The molecule has 3 aromatic rings. The van der Waals surface area contributed by atoms with E-state index in [1.807, 2.05) is 36.4 Å². The van der Waals surface area contributed by atoms with E-state index in [0.29, 0.717) is 48.3 Å². The molecule has 0 atom stereocenters. The molecule has 0 bridgehead atoms. The van der Waals surface area contributed by atoms with Crippen molar-refractivity contribution in [1.82, 2.24) is 9.80 Å². The minimum atomic E-state index is -0.123. The number of hydrogen-bond acceptors (Lipinski definition) is 4. The third-order valence-corrected chi connectivity index (χ3v) is 6.34. The molecule has 0 unspecified atom stereocenters. The molecule has 0 radical (unpaired) electrons. The van der Waals surface area contributed by atoms with Crippen molar-refractivity contribution in [3.05, 3.63) is 88.8 Å². The highest BCUT2D eigenvalue weighted by atomic mass is 35.5. The molecule has 1 fully saturated rings. The van der Waals surface area contributed by atoms with Crippen LogP contribution in [0.3, 0.4) is 0 Å². The summed E-state index contributed by atoms with van der Waals surface area (Å²) in [5.74, 6) is 0.881. The number of amides is 2. The molecule has 154 valence electrons. The summed E-state index contributed by atoms with van der Waals surface area (Å²) in [6, 6.07) is 18.8. The summed E-state index contributed by atoms with van der Waals surface area (Å²) in [6.07, 6.45) is 1.56. The van der Waals surface area contributed by atoms with Gasteiger partial charge in [-0.25, -0.2) is 0 Å². The Morgan fingerprint density at radius 1 is 0.867 bits per heavy atom. The summed E-state index contributed by atoms with van der Waals surface area (Å²) < 4.78 is 5.53. The van der Waals surface area contributed by atoms with Crippen molar-refractivity contribution in [1.29, 1.82) is 0 Å². The van der Waals surface area contributed by atoms with Crippen LogP contribution < -0.4 is 0 Å². The number of nitrogens with zero attached hydrogens (tertiary/aromatic N) is 2. The SMILES string of the molecule is O=C(c1ccc(Cl)cc1)N1CCN(C(=O)c2occc2CSc2ccccc2)CC1. The second-order valence-electron chi connectivity index (χ2n) is 6.97. The Kier molecular flexibility index (Phi) is 6.45. The first-order chi connectivity index (χ1) is 14.6. The maximum atomic E-state index is 13.0. The lowest BCUT2D eigenvalue weighted by atomic mass is 10.1. The molecule has 5 nitrogen and oxygen atoms in total. The topological polar surface area (TPSA) is 53.8 Å². The Bertz CT molecular complexity index is 1010. The molecule has 4 rings (SSSR count). The van der Waals surface area contributed by atoms with Crippen LogP contribution in [0.5, 0.6) is 0 Å². The molecule has 2 aromatic carbocycles. The first-order valence-corrected chi connectivity index (χ1v) is 11.1. The Hall–Kier alpha value is -2.70. The number of carbonyl (C=O) groups is 2. The molecule has 0 aliphatic carbocycles. The van der Waals surface area contributed by atoms with E-state index >= 15 is 0 Å². The third kappa shape index (κ3) is 4.71. The summed E-state index contributed by atoms with van der Waals surface area (Å²) in [6.45, 7) is 1.93. The summed E-state index contributed by atoms with van der Waals surface area (Å²) in [4.78, 5) is 30.3. The highest BCUT2D eigenvalue weighted by molar-refractivity contribution is 7.98. The predicted octanol–water partition coefficient (Wildman–Crippen LogP) is 4.82. The van der Waals surface area contributed by atoms with Crippen LogP contribution in [-0.4, -0.2) is 47.8 Å². The summed E-state index contributed by atoms with van der Waals surface area (Å²) in [5, 5.41) is 0.599. The molecule has 2 amide bonds. The predicted molar refractivity (Wildman–Crippen MR) is 118 cm³/mol. The molecule has 30 heavy (non-hydrogen) atoms. The van der Waals surface area contributed by atoms with E-state index < -0.39 is 0 Å². The minimum Gasteiger partial charge on any atom is -0.459 e. The molecule has 0 saturated carbocycles. The van der Waals surface area contributed by atoms with Crippen LogP contribution in [0, 0.1) is 0 Å². The highest BCUT2D eigenvalue weighted by Crippen LogP contribution is 2.26. The smallest absolute Gasteiger partial charge is 0.289 e. The van der Waals surface area contributed by atoms with Gasteiger partial charge in [-0.1, -0.05) is 29.8 Å². The zero-order chi connectivity index (χ0) is 20.9. The minimum absolute atomic E-state index is 0.0447. The molecular formula is C23H21ClN2O3S. The van der Waals surface area contributed by atoms with Gasteiger partial charge >= 0.3 is 0 Å². The monoisotopic (exact) mass is 440 g/mol. The summed E-state index contributed by atoms with van der Waals surface area (Å²) in [7, 11) is 0. The van der Waals surface area contributed by atoms with E-state index in [1.54, 1.807) is 52.1 Å². The molecule has 1 saturated heterocycles. The number of rotatable bonds is 5. The Balaban J connectivity index is 1.35. The van der Waals surface area contributed by atoms with Gasteiger partial charge in [0.2, 0.25) is 0 Å². The van der Waals surface area contributed by atoms with E-state index in [9.17, 15) is 9.59 Å². The van der Waals surface area contributed by atoms with Crippen molar-refractivity contribution >= 4 is 35.2 Å². The van der Waals surface area contributed by atoms with Crippen molar-refractivity contribution in [2.45, 2.75) is 10.6 Å². The molecule has 0 N–H and O–H groups in total. The van der Waals surface area contributed by atoms with E-state index in [2.05, 4.69) is 0 Å². The van der Waals surface area contributed by atoms with E-state index in [4.69, 9.17) is 16.0 Å². The average molecular weight is 441 g/mol. The van der Waals surface area contributed by atoms with Gasteiger partial charge in [-0.2, -0.15) is 0 Å². The van der Waals surface area contributed by atoms with Crippen LogP contribution in [0.25, 0.3) is 0 Å². The number of thioether (sulfide) groups is 1. The van der Waals surface area contributed by atoms with Crippen LogP contribution in [0.15, 0.2) is 76.2 Å².